The van der Waals surface area contributed by atoms with Crippen molar-refractivity contribution in [3.63, 3.8) is 0 Å². The Morgan fingerprint density at radius 1 is 0.833 bits per heavy atom. The summed E-state index contributed by atoms with van der Waals surface area (Å²) in [6, 6.07) is 0. The molecule has 0 aliphatic rings. The normalized spacial score (nSPS) is 15.6. The second kappa shape index (κ2) is 9.11. The fourth-order valence-electron chi connectivity index (χ4n) is 0.731. The van der Waals surface area contributed by atoms with E-state index in [0.29, 0.717) is 0 Å². The van der Waals surface area contributed by atoms with Crippen molar-refractivity contribution in [3.8, 4) is 0 Å². The van der Waals surface area contributed by atoms with Gasteiger partial charge in [0.2, 0.25) is 0 Å². The third-order valence-electron chi connectivity index (χ3n) is 1.31. The van der Waals surface area contributed by atoms with Crippen LogP contribution in [-0.2, 0) is 27.0 Å². The van der Waals surface area contributed by atoms with E-state index in [0.717, 1.165) is 0 Å². The van der Waals surface area contributed by atoms with Crippen LogP contribution in [0.15, 0.2) is 0 Å². The van der Waals surface area contributed by atoms with E-state index in [-0.39, 0.29) is 39.5 Å². The summed E-state index contributed by atoms with van der Waals surface area (Å²) in [6.07, 6.45) is 0. The Hall–Kier alpha value is 0.140. The Kier molecular flexibility index (Phi) is 9.18. The minimum absolute atomic E-state index is 0.00841. The van der Waals surface area contributed by atoms with Crippen LogP contribution in [0.3, 0.4) is 0 Å². The van der Waals surface area contributed by atoms with Crippen LogP contribution < -0.4 is 17.2 Å². The summed E-state index contributed by atoms with van der Waals surface area (Å²) in [7, 11) is -8.84. The minimum Gasteiger partial charge on any atom is -0.328 e. The lowest BCUT2D eigenvalue weighted by atomic mass is 10.8. The molecule has 0 aliphatic heterocycles. The third-order valence-corrected chi connectivity index (χ3v) is 4.44. The number of nitrogens with two attached hydrogens (primary N) is 3. The molecule has 0 spiro atoms. The Morgan fingerprint density at radius 2 is 1.22 bits per heavy atom. The zero-order valence-corrected chi connectivity index (χ0v) is 11.6. The van der Waals surface area contributed by atoms with Crippen LogP contribution in [0.2, 0.25) is 0 Å². The predicted octanol–water partition coefficient (Wildman–Crippen LogP) is -0.863. The Morgan fingerprint density at radius 3 is 1.61 bits per heavy atom. The third kappa shape index (κ3) is 8.28. The van der Waals surface area contributed by atoms with Gasteiger partial charge in [-0.1, -0.05) is 0 Å². The van der Waals surface area contributed by atoms with Crippen LogP contribution in [0.1, 0.15) is 0 Å². The summed E-state index contributed by atoms with van der Waals surface area (Å²) in [5, 5.41) is 0. The molecule has 0 saturated heterocycles. The number of hydrogen-bond acceptors (Lipinski definition) is 9. The molecular formula is C6H19N3O7P2. The van der Waals surface area contributed by atoms with Gasteiger partial charge in [-0.3, -0.25) is 13.6 Å². The molecule has 0 aromatic heterocycles. The second-order valence-electron chi connectivity index (χ2n) is 2.86. The molecule has 0 heterocycles. The van der Waals surface area contributed by atoms with Gasteiger partial charge in [-0.05, 0) is 0 Å². The lowest BCUT2D eigenvalue weighted by Crippen LogP contribution is -2.13. The lowest BCUT2D eigenvalue weighted by molar-refractivity contribution is 0.132. The first kappa shape index (κ1) is 18.1. The molecule has 0 aliphatic carbocycles. The SMILES string of the molecule is NCCOP(=O)(O)OP(=O)(OCCN)OCCN. The number of phosphoric acid groups is 2. The summed E-state index contributed by atoms with van der Waals surface area (Å²) in [4.78, 5) is 9.24. The van der Waals surface area contributed by atoms with E-state index >= 15 is 0 Å². The highest BCUT2D eigenvalue weighted by atomic mass is 31.3. The maximum Gasteiger partial charge on any atom is 0.483 e. The first-order chi connectivity index (χ1) is 8.39. The van der Waals surface area contributed by atoms with Gasteiger partial charge in [0.15, 0.2) is 0 Å². The predicted molar refractivity (Wildman–Crippen MR) is 63.5 cm³/mol. The van der Waals surface area contributed by atoms with E-state index in [4.69, 9.17) is 17.2 Å². The minimum atomic E-state index is -4.59. The number of rotatable bonds is 11. The van der Waals surface area contributed by atoms with Crippen molar-refractivity contribution in [1.82, 2.24) is 0 Å². The van der Waals surface area contributed by atoms with Gasteiger partial charge in [0, 0.05) is 19.6 Å². The Bertz CT molecular complexity index is 304. The number of hydrogen-bond donors (Lipinski definition) is 4. The zero-order valence-electron chi connectivity index (χ0n) is 9.77. The van der Waals surface area contributed by atoms with Crippen LogP contribution in [0.25, 0.3) is 0 Å². The highest BCUT2D eigenvalue weighted by Gasteiger charge is 2.37. The van der Waals surface area contributed by atoms with Crippen LogP contribution in [0.4, 0.5) is 0 Å². The molecule has 1 atom stereocenters. The summed E-state index contributed by atoms with van der Waals surface area (Å²) in [5.41, 5.74) is 15.4. The van der Waals surface area contributed by atoms with E-state index < -0.39 is 15.6 Å². The summed E-state index contributed by atoms with van der Waals surface area (Å²) in [5.74, 6) is 0. The molecule has 0 amide bonds. The average molecular weight is 307 g/mol. The molecule has 110 valence electrons. The number of phosphoric ester groups is 2. The standard InChI is InChI=1S/C6H19N3O7P2/c7-1-4-13-17(10,11)16-18(12,14-5-2-8)15-6-3-9/h1-9H2,(H,10,11). The summed E-state index contributed by atoms with van der Waals surface area (Å²) in [6.45, 7) is -0.567. The van der Waals surface area contributed by atoms with Crippen molar-refractivity contribution in [2.45, 2.75) is 0 Å². The summed E-state index contributed by atoms with van der Waals surface area (Å²) >= 11 is 0. The van der Waals surface area contributed by atoms with Gasteiger partial charge in [-0.15, -0.1) is 0 Å². The first-order valence-corrected chi connectivity index (χ1v) is 8.02. The van der Waals surface area contributed by atoms with E-state index in [1.807, 2.05) is 0 Å². The lowest BCUT2D eigenvalue weighted by Gasteiger charge is -2.19. The van der Waals surface area contributed by atoms with E-state index in [9.17, 15) is 14.0 Å². The van der Waals surface area contributed by atoms with Gasteiger partial charge < -0.3 is 22.1 Å². The van der Waals surface area contributed by atoms with Gasteiger partial charge in [0.05, 0.1) is 19.8 Å². The molecule has 0 fully saturated rings. The molecule has 1 unspecified atom stereocenters. The molecular weight excluding hydrogens is 288 g/mol. The van der Waals surface area contributed by atoms with Gasteiger partial charge in [-0.25, -0.2) is 9.13 Å². The van der Waals surface area contributed by atoms with Gasteiger partial charge >= 0.3 is 15.6 Å². The molecule has 10 nitrogen and oxygen atoms in total. The first-order valence-electron chi connectivity index (χ1n) is 5.07. The van der Waals surface area contributed by atoms with Crippen LogP contribution in [0, 0.1) is 0 Å². The van der Waals surface area contributed by atoms with Gasteiger partial charge in [-0.2, -0.15) is 4.31 Å². The fraction of sp³-hybridized carbons (Fsp3) is 1.00. The Labute approximate surface area is 105 Å². The molecule has 18 heavy (non-hydrogen) atoms. The largest absolute Gasteiger partial charge is 0.483 e. The van der Waals surface area contributed by atoms with Crippen LogP contribution >= 0.6 is 15.6 Å². The van der Waals surface area contributed by atoms with Crippen molar-refractivity contribution in [1.29, 1.82) is 0 Å². The monoisotopic (exact) mass is 307 g/mol. The van der Waals surface area contributed by atoms with Crippen molar-refractivity contribution in [2.24, 2.45) is 17.2 Å². The van der Waals surface area contributed by atoms with Gasteiger partial charge in [0.25, 0.3) is 0 Å². The molecule has 7 N–H and O–H groups in total. The quantitative estimate of drug-likeness (QED) is 0.352. The van der Waals surface area contributed by atoms with E-state index in [1.165, 1.54) is 0 Å². The fourth-order valence-corrected chi connectivity index (χ4v) is 3.38. The van der Waals surface area contributed by atoms with E-state index in [1.54, 1.807) is 0 Å². The smallest absolute Gasteiger partial charge is 0.328 e. The maximum atomic E-state index is 11.9. The van der Waals surface area contributed by atoms with Crippen LogP contribution in [0.5, 0.6) is 0 Å². The molecule has 0 rings (SSSR count). The van der Waals surface area contributed by atoms with Crippen molar-refractivity contribution >= 4 is 15.6 Å². The average Bonchev–Trinajstić information content (AvgIpc) is 2.31. The molecule has 0 bridgehead atoms. The van der Waals surface area contributed by atoms with Crippen molar-refractivity contribution in [3.05, 3.63) is 0 Å². The second-order valence-corrected chi connectivity index (χ2v) is 6.12. The maximum absolute atomic E-state index is 11.9. The Balaban J connectivity index is 4.55. The highest BCUT2D eigenvalue weighted by molar-refractivity contribution is 7.61. The molecule has 0 radical (unpaired) electrons. The van der Waals surface area contributed by atoms with Gasteiger partial charge in [0.1, 0.15) is 0 Å². The molecule has 0 saturated carbocycles. The zero-order chi connectivity index (χ0) is 14.1. The highest BCUT2D eigenvalue weighted by Crippen LogP contribution is 2.63. The summed E-state index contributed by atoms with van der Waals surface area (Å²) < 4.78 is 41.4. The van der Waals surface area contributed by atoms with Crippen molar-refractivity contribution < 1.29 is 31.9 Å². The van der Waals surface area contributed by atoms with Crippen molar-refractivity contribution in [2.75, 3.05) is 39.5 Å². The molecule has 12 heteroatoms. The molecule has 0 aromatic carbocycles. The molecule has 0 aromatic rings. The van der Waals surface area contributed by atoms with E-state index in [2.05, 4.69) is 17.9 Å². The topological polar surface area (TPSA) is 169 Å². The van der Waals surface area contributed by atoms with Crippen LogP contribution in [-0.4, -0.2) is 44.3 Å².